The molecule has 358 valence electrons. The van der Waals surface area contributed by atoms with Gasteiger partial charge in [-0.05, 0) is 75.7 Å². The van der Waals surface area contributed by atoms with Crippen LogP contribution in [0.25, 0.3) is 0 Å². The Kier molecular flexibility index (Phi) is 19.8. The van der Waals surface area contributed by atoms with Gasteiger partial charge in [0.1, 0.15) is 36.3 Å². The minimum atomic E-state index is -1.76. The summed E-state index contributed by atoms with van der Waals surface area (Å²) in [6.07, 6.45) is 1.32. The molecule has 0 aliphatic carbocycles. The van der Waals surface area contributed by atoms with Crippen LogP contribution in [-0.4, -0.2) is 178 Å². The summed E-state index contributed by atoms with van der Waals surface area (Å²) in [4.78, 5) is 124. The molecule has 0 saturated carbocycles. The van der Waals surface area contributed by atoms with Crippen LogP contribution in [0.4, 0.5) is 0 Å². The number of hydrogen-bond donors (Lipinski definition) is 3. The number of nitrogens with one attached hydrogen (secondary N) is 2. The molecular formula is C47H76N8O9. The van der Waals surface area contributed by atoms with Crippen molar-refractivity contribution in [3.8, 4) is 0 Å². The van der Waals surface area contributed by atoms with Crippen LogP contribution in [0.1, 0.15) is 99.5 Å². The van der Waals surface area contributed by atoms with Gasteiger partial charge in [0.15, 0.2) is 6.04 Å². The lowest BCUT2D eigenvalue weighted by molar-refractivity contribution is -0.154. The standard InChI is InChI=1S/C47H76N8O9/c1-28(2)24-34-40(57)48-38(32(8)56)45(62)54(13)36(26-30(5)6)43(60)51(10)35(25-29(3)4)41(58)49-39(47(64)55-22-18-15-19-23-55)46(63)50(9)31(7)42(59)53(12)37(44(61)52(34)11)27-33-20-16-14-17-21-33/h14,16-17,20-21,28-32,34-39,56H,15,18-19,22-27H2,1-13H3,(H,48,57)(H,49,58)/t31-,32+,34-,35-,36-,37-,38-,39-/m0/s1. The van der Waals surface area contributed by atoms with Crippen LogP contribution >= 0.6 is 0 Å². The number of nitrogens with zero attached hydrogens (tertiary/aromatic N) is 6. The van der Waals surface area contributed by atoms with Gasteiger partial charge < -0.3 is 45.1 Å². The summed E-state index contributed by atoms with van der Waals surface area (Å²) in [5.41, 5.74) is 0.713. The van der Waals surface area contributed by atoms with Crippen LogP contribution < -0.4 is 10.6 Å². The zero-order valence-electron chi connectivity index (χ0n) is 40.5. The molecule has 8 amide bonds. The lowest BCUT2D eigenvalue weighted by Crippen LogP contribution is -2.63. The van der Waals surface area contributed by atoms with E-state index < -0.39 is 95.7 Å². The molecule has 17 nitrogen and oxygen atoms in total. The molecule has 0 bridgehead atoms. The Morgan fingerprint density at radius 3 is 1.50 bits per heavy atom. The summed E-state index contributed by atoms with van der Waals surface area (Å²) in [7, 11) is 7.09. The monoisotopic (exact) mass is 897 g/mol. The first-order chi connectivity index (χ1) is 29.9. The highest BCUT2D eigenvalue weighted by Crippen LogP contribution is 2.23. The molecule has 2 aliphatic heterocycles. The third-order valence-corrected chi connectivity index (χ3v) is 12.6. The lowest BCUT2D eigenvalue weighted by atomic mass is 9.96. The van der Waals surface area contributed by atoms with Gasteiger partial charge in [-0.25, -0.2) is 0 Å². The fourth-order valence-corrected chi connectivity index (χ4v) is 8.43. The highest BCUT2D eigenvalue weighted by atomic mass is 16.3. The zero-order valence-corrected chi connectivity index (χ0v) is 40.5. The van der Waals surface area contributed by atoms with E-state index in [0.29, 0.717) is 31.5 Å². The number of benzene rings is 1. The van der Waals surface area contributed by atoms with Crippen molar-refractivity contribution in [3.63, 3.8) is 0 Å². The number of aliphatic hydroxyl groups is 1. The molecule has 0 spiro atoms. The topological polar surface area (TPSA) is 200 Å². The lowest BCUT2D eigenvalue weighted by Gasteiger charge is -2.38. The minimum absolute atomic E-state index is 0.0361. The van der Waals surface area contributed by atoms with E-state index in [1.165, 1.54) is 73.6 Å². The highest BCUT2D eigenvalue weighted by molar-refractivity contribution is 6.08. The molecule has 0 radical (unpaired) electrons. The molecule has 2 fully saturated rings. The first-order valence-corrected chi connectivity index (χ1v) is 22.9. The van der Waals surface area contributed by atoms with Crippen molar-refractivity contribution < 1.29 is 43.5 Å². The first kappa shape index (κ1) is 53.3. The fourth-order valence-electron chi connectivity index (χ4n) is 8.43. The van der Waals surface area contributed by atoms with Gasteiger partial charge in [-0.2, -0.15) is 0 Å². The second kappa shape index (κ2) is 23.7. The molecule has 2 saturated heterocycles. The molecular weight excluding hydrogens is 821 g/mol. The van der Waals surface area contributed by atoms with E-state index in [0.717, 1.165) is 11.3 Å². The number of carbonyl (C=O) groups excluding carboxylic acids is 8. The van der Waals surface area contributed by atoms with Gasteiger partial charge in [0.05, 0.1) is 6.10 Å². The molecule has 3 rings (SSSR count). The number of carbonyl (C=O) groups is 8. The summed E-state index contributed by atoms with van der Waals surface area (Å²) in [6.45, 7) is 14.8. The predicted octanol–water partition coefficient (Wildman–Crippen LogP) is 1.90. The van der Waals surface area contributed by atoms with E-state index in [9.17, 15) is 43.5 Å². The van der Waals surface area contributed by atoms with E-state index in [2.05, 4.69) is 10.6 Å². The van der Waals surface area contributed by atoms with Gasteiger partial charge in [0.25, 0.3) is 11.8 Å². The second-order valence-corrected chi connectivity index (χ2v) is 19.1. The van der Waals surface area contributed by atoms with Gasteiger partial charge in [0, 0.05) is 54.7 Å². The van der Waals surface area contributed by atoms with Crippen LogP contribution in [0.15, 0.2) is 30.3 Å². The summed E-state index contributed by atoms with van der Waals surface area (Å²) < 4.78 is 0. The van der Waals surface area contributed by atoms with Crippen LogP contribution in [0.5, 0.6) is 0 Å². The molecule has 8 atom stereocenters. The van der Waals surface area contributed by atoms with Crippen molar-refractivity contribution in [2.24, 2.45) is 17.8 Å². The second-order valence-electron chi connectivity index (χ2n) is 19.1. The molecule has 0 aromatic heterocycles. The Bertz CT molecular complexity index is 1800. The molecule has 2 heterocycles. The number of likely N-dealkylation sites (N-methyl/N-ethyl adjacent to an activating group) is 5. The minimum Gasteiger partial charge on any atom is -0.391 e. The van der Waals surface area contributed by atoms with E-state index in [1.54, 1.807) is 24.3 Å². The smallest absolute Gasteiger partial charge is 0.255 e. The van der Waals surface area contributed by atoms with Crippen molar-refractivity contribution in [2.45, 2.75) is 149 Å². The summed E-state index contributed by atoms with van der Waals surface area (Å²) >= 11 is 0. The molecule has 1 aromatic carbocycles. The number of piperidine rings is 1. The van der Waals surface area contributed by atoms with Crippen molar-refractivity contribution >= 4 is 47.3 Å². The maximum atomic E-state index is 14.8. The molecule has 64 heavy (non-hydrogen) atoms. The number of aliphatic hydroxyl groups excluding tert-OH is 1. The van der Waals surface area contributed by atoms with Crippen molar-refractivity contribution in [1.82, 2.24) is 40.0 Å². The van der Waals surface area contributed by atoms with Crippen LogP contribution in [0, 0.1) is 17.8 Å². The Morgan fingerprint density at radius 2 is 1.02 bits per heavy atom. The van der Waals surface area contributed by atoms with E-state index in [-0.39, 0.29) is 43.4 Å². The zero-order chi connectivity index (χ0) is 48.3. The van der Waals surface area contributed by atoms with Gasteiger partial charge in [-0.1, -0.05) is 71.9 Å². The third kappa shape index (κ3) is 13.5. The van der Waals surface area contributed by atoms with Crippen LogP contribution in [0.2, 0.25) is 0 Å². The predicted molar refractivity (Wildman–Crippen MR) is 243 cm³/mol. The van der Waals surface area contributed by atoms with Gasteiger partial charge >= 0.3 is 0 Å². The maximum absolute atomic E-state index is 14.8. The van der Waals surface area contributed by atoms with Gasteiger partial charge in [0.2, 0.25) is 35.4 Å². The Balaban J connectivity index is 2.32. The number of rotatable bonds is 10. The molecule has 17 heteroatoms. The Labute approximate surface area is 380 Å². The molecule has 0 unspecified atom stereocenters. The van der Waals surface area contributed by atoms with Gasteiger partial charge in [-0.3, -0.25) is 38.4 Å². The summed E-state index contributed by atoms with van der Waals surface area (Å²) in [6, 6.07) is -0.253. The quantitative estimate of drug-likeness (QED) is 0.294. The van der Waals surface area contributed by atoms with Crippen molar-refractivity contribution in [3.05, 3.63) is 35.9 Å². The molecule has 1 aromatic rings. The highest BCUT2D eigenvalue weighted by Gasteiger charge is 2.44. The van der Waals surface area contributed by atoms with Crippen LogP contribution in [-0.2, 0) is 44.8 Å². The van der Waals surface area contributed by atoms with E-state index >= 15 is 0 Å². The Hall–Kier alpha value is -5.06. The first-order valence-electron chi connectivity index (χ1n) is 22.9. The normalized spacial score (nSPS) is 26.5. The third-order valence-electron chi connectivity index (χ3n) is 12.6. The van der Waals surface area contributed by atoms with Crippen LogP contribution in [0.3, 0.4) is 0 Å². The maximum Gasteiger partial charge on any atom is 0.255 e. The van der Waals surface area contributed by atoms with E-state index in [1.807, 2.05) is 47.6 Å². The average molecular weight is 897 g/mol. The Morgan fingerprint density at radius 1 is 0.578 bits per heavy atom. The summed E-state index contributed by atoms with van der Waals surface area (Å²) in [5, 5.41) is 16.5. The average Bonchev–Trinajstić information content (AvgIpc) is 3.26. The summed E-state index contributed by atoms with van der Waals surface area (Å²) in [5.74, 6) is -6.04. The number of likely N-dealkylation sites (tertiary alicyclic amines) is 1. The SMILES string of the molecule is CC(C)C[C@H]1C(=O)N(C)[C@@H](CC(C)C)C(=O)N[C@H](C(=O)N2CCCCC2)C(=O)N(C)[C@@H](C)C(=O)N(C)[C@@H](Cc2ccccc2)C(=O)N(C)[C@@H](CC(C)C)C(=O)N[C@@H]([C@@H](C)O)C(=O)N1C. The van der Waals surface area contributed by atoms with Crippen molar-refractivity contribution in [1.29, 1.82) is 0 Å². The molecule has 3 N–H and O–H groups in total. The molecule has 2 aliphatic rings. The van der Waals surface area contributed by atoms with E-state index in [4.69, 9.17) is 0 Å². The largest absolute Gasteiger partial charge is 0.391 e. The van der Waals surface area contributed by atoms with Gasteiger partial charge in [-0.15, -0.1) is 0 Å². The number of amides is 8. The number of hydrogen-bond acceptors (Lipinski definition) is 9. The fraction of sp³-hybridized carbons (Fsp3) is 0.702. The van der Waals surface area contributed by atoms with Crippen molar-refractivity contribution in [2.75, 3.05) is 48.3 Å².